The first kappa shape index (κ1) is 96.8. The van der Waals surface area contributed by atoms with Gasteiger partial charge in [-0.1, -0.05) is 45.2 Å². The van der Waals surface area contributed by atoms with E-state index in [1.165, 1.54) is 24.3 Å². The van der Waals surface area contributed by atoms with Crippen molar-refractivity contribution in [3.05, 3.63) is 36.5 Å². The molecule has 3 rings (SSSR count). The Morgan fingerprint density at radius 2 is 0.561 bits per heavy atom. The van der Waals surface area contributed by atoms with E-state index < -0.39 is 115 Å². The van der Waals surface area contributed by atoms with Crippen molar-refractivity contribution < 1.29 is 144 Å². The van der Waals surface area contributed by atoms with Crippen LogP contribution in [0.5, 0.6) is 0 Å². The molecule has 0 aromatic heterocycles. The van der Waals surface area contributed by atoms with Gasteiger partial charge in [-0.3, -0.25) is 97.0 Å². The number of carbonyl (C=O) groups excluding carboxylic acids is 17. The molecule has 3 heterocycles. The zero-order valence-electron chi connectivity index (χ0n) is 59.2. The number of carbonyl (C=O) groups is 17. The minimum Gasteiger partial charge on any atom is -0.452 e. The van der Waals surface area contributed by atoms with E-state index in [-0.39, 0.29) is 182 Å². The number of nitrogens with zero attached hydrogens (tertiary/aromatic N) is 5. The maximum Gasteiger partial charge on any atom is 0.423 e. The lowest BCUT2D eigenvalue weighted by molar-refractivity contribution is -0.240. The Bertz CT molecular complexity index is 2760. The lowest BCUT2D eigenvalue weighted by atomic mass is 10.2. The third kappa shape index (κ3) is 49.4. The van der Waals surface area contributed by atoms with Crippen LogP contribution in [0.4, 0.5) is 4.79 Å². The molecule has 0 bridgehead atoms. The summed E-state index contributed by atoms with van der Waals surface area (Å²) in [6, 6.07) is 0. The van der Waals surface area contributed by atoms with Crippen molar-refractivity contribution in [1.82, 2.24) is 67.0 Å². The van der Waals surface area contributed by atoms with Crippen LogP contribution in [0.2, 0.25) is 0 Å². The lowest BCUT2D eigenvalue weighted by Crippen LogP contribution is -2.46. The molecule has 0 spiro atoms. The molecule has 602 valence electrons. The number of imide groups is 5. The summed E-state index contributed by atoms with van der Waals surface area (Å²) in [4.78, 5) is 212. The van der Waals surface area contributed by atoms with Crippen LogP contribution in [-0.4, -0.2) is 362 Å². The average molecular weight is 1760 g/mol. The summed E-state index contributed by atoms with van der Waals surface area (Å²) in [5, 5.41) is 37.3. The highest BCUT2D eigenvalue weighted by atomic mass is 127. The summed E-state index contributed by atoms with van der Waals surface area (Å²) in [7, 11) is 1.10. The van der Waals surface area contributed by atoms with Gasteiger partial charge in [0.15, 0.2) is 0 Å². The Balaban J connectivity index is 0.000000935. The molecule has 3 aliphatic rings. The Kier molecular flexibility index (Phi) is 56.8. The van der Waals surface area contributed by atoms with Crippen molar-refractivity contribution in [3.63, 3.8) is 0 Å². The summed E-state index contributed by atoms with van der Waals surface area (Å²) in [6.45, 7) is 3.16. The molecule has 0 aliphatic carbocycles. The maximum absolute atomic E-state index is 12.8. The van der Waals surface area contributed by atoms with E-state index in [9.17, 15) is 81.5 Å². The summed E-state index contributed by atoms with van der Waals surface area (Å²) >= 11 is 3.93. The number of alkyl halides is 2. The molecular weight excluding hydrogens is 1660 g/mol. The minimum absolute atomic E-state index is 0.0249. The highest BCUT2D eigenvalue weighted by Crippen LogP contribution is 2.07. The summed E-state index contributed by atoms with van der Waals surface area (Å²) in [5.41, 5.74) is 0. The minimum atomic E-state index is -0.954. The van der Waals surface area contributed by atoms with Gasteiger partial charge in [0, 0.05) is 114 Å². The maximum atomic E-state index is 12.8. The van der Waals surface area contributed by atoms with Crippen LogP contribution < -0.4 is 42.5 Å². The van der Waals surface area contributed by atoms with Gasteiger partial charge in [-0.2, -0.15) is 4.90 Å². The molecule has 17 amide bonds. The standard InChI is InChI=1S/C30H44N6O14.C26H46I2N6O12.C6H5NO4/c37-23(31-9-14-50-45)1-2-26(40)34(21-24(38)32-7-12-46-17-19-48-15-10-35-27(41)3-4-28(35)42)22-25(39)33-8-13-47-18-20-49-16-11-36-29(43)5-6-30(36)44;27-17-22(36)30-3-8-42-13-15-44-10-5-32-24(38)19-34(26(40)2-1-21(35)29-7-12-46-41)20-25(39)33-6-11-45-16-14-43-9-4-31-23(37)18-28;1-11-6(10)7-4(8)2-3-5(7)9/h3-6,45H,1-2,7-22H2,(H,31,37)(H,32,38)(H,33,39);41H,1-20H2,(H,29,35)(H,30,36)(H,31,37)(H,32,38)(H,33,39);2-3H,1H3. The van der Waals surface area contributed by atoms with Gasteiger partial charge in [-0.05, 0) is 0 Å². The fourth-order valence-corrected chi connectivity index (χ4v) is 8.57. The van der Waals surface area contributed by atoms with Gasteiger partial charge < -0.3 is 95.0 Å². The van der Waals surface area contributed by atoms with E-state index in [0.717, 1.165) is 38.9 Å². The van der Waals surface area contributed by atoms with Gasteiger partial charge in [0.25, 0.3) is 35.4 Å². The normalized spacial score (nSPS) is 12.6. The smallest absolute Gasteiger partial charge is 0.423 e. The second kappa shape index (κ2) is 62.8. The molecule has 43 nitrogen and oxygen atoms in total. The van der Waals surface area contributed by atoms with Crippen LogP contribution >= 0.6 is 45.2 Å². The van der Waals surface area contributed by atoms with E-state index in [1.54, 1.807) is 0 Å². The molecule has 0 unspecified atom stereocenters. The zero-order chi connectivity index (χ0) is 79.2. The molecule has 45 heteroatoms. The van der Waals surface area contributed by atoms with Gasteiger partial charge in [0.05, 0.1) is 148 Å². The lowest BCUT2D eigenvalue weighted by Gasteiger charge is -2.22. The Morgan fingerprint density at radius 3 is 0.813 bits per heavy atom. The third-order valence-electron chi connectivity index (χ3n) is 13.2. The molecule has 0 aromatic rings. The van der Waals surface area contributed by atoms with Crippen LogP contribution in [0, 0.1) is 0 Å². The first-order valence-corrected chi connectivity index (χ1v) is 36.2. The molecule has 3 aliphatic heterocycles. The molecule has 107 heavy (non-hydrogen) atoms. The number of nitrogens with one attached hydrogen (secondary N) is 8. The Morgan fingerprint density at radius 1 is 0.327 bits per heavy atom. The highest BCUT2D eigenvalue weighted by molar-refractivity contribution is 14.1. The Hall–Kier alpha value is -8.21. The van der Waals surface area contributed by atoms with Crippen molar-refractivity contribution in [3.8, 4) is 0 Å². The van der Waals surface area contributed by atoms with Crippen molar-refractivity contribution >= 4 is 146 Å². The summed E-state index contributed by atoms with van der Waals surface area (Å²) < 4.78 is 47.8. The molecule has 10 N–H and O–H groups in total. The molecule has 0 saturated carbocycles. The quantitative estimate of drug-likeness (QED) is 0.00676. The molecule has 0 saturated heterocycles. The fraction of sp³-hybridized carbons (Fsp3) is 0.629. The van der Waals surface area contributed by atoms with E-state index in [0.29, 0.717) is 53.3 Å². The van der Waals surface area contributed by atoms with E-state index in [4.69, 9.17) is 48.4 Å². The first-order chi connectivity index (χ1) is 51.5. The second-order valence-corrected chi connectivity index (χ2v) is 22.8. The zero-order valence-corrected chi connectivity index (χ0v) is 63.5. The molecule has 0 atom stereocenters. The highest BCUT2D eigenvalue weighted by Gasteiger charge is 2.31. The van der Waals surface area contributed by atoms with E-state index >= 15 is 0 Å². The van der Waals surface area contributed by atoms with Crippen molar-refractivity contribution in [1.29, 1.82) is 0 Å². The molecular formula is C62H95I2N13O30. The molecule has 0 fully saturated rings. The van der Waals surface area contributed by atoms with Crippen LogP contribution in [0.25, 0.3) is 0 Å². The second-order valence-electron chi connectivity index (χ2n) is 21.3. The topological polar surface area (TPSA) is 545 Å². The number of rotatable bonds is 58. The largest absolute Gasteiger partial charge is 0.452 e. The predicted molar refractivity (Wildman–Crippen MR) is 382 cm³/mol. The average Bonchev–Trinajstić information content (AvgIpc) is 1.39. The third-order valence-corrected chi connectivity index (χ3v) is 14.6. The van der Waals surface area contributed by atoms with Gasteiger partial charge in [0.1, 0.15) is 26.2 Å². The Labute approximate surface area is 642 Å². The van der Waals surface area contributed by atoms with Crippen LogP contribution in [0.15, 0.2) is 36.5 Å². The van der Waals surface area contributed by atoms with Gasteiger partial charge in [-0.25, -0.2) is 14.6 Å². The van der Waals surface area contributed by atoms with Crippen LogP contribution in [0.1, 0.15) is 25.7 Å². The molecule has 0 aromatic carbocycles. The predicted octanol–water partition coefficient (Wildman–Crippen LogP) is -6.37. The van der Waals surface area contributed by atoms with Gasteiger partial charge >= 0.3 is 6.09 Å². The van der Waals surface area contributed by atoms with Crippen molar-refractivity contribution in [2.24, 2.45) is 0 Å². The van der Waals surface area contributed by atoms with E-state index in [1.807, 2.05) is 45.2 Å². The van der Waals surface area contributed by atoms with Crippen LogP contribution in [0.3, 0.4) is 0 Å². The number of ether oxygens (including phenoxy) is 9. The van der Waals surface area contributed by atoms with Gasteiger partial charge in [-0.15, -0.1) is 0 Å². The number of hydrogen-bond acceptors (Lipinski definition) is 30. The number of halogens is 2. The first-order valence-electron chi connectivity index (χ1n) is 33.2. The van der Waals surface area contributed by atoms with Crippen molar-refractivity contribution in [2.75, 3.05) is 227 Å². The number of methoxy groups -OCH3 is 1. The fourth-order valence-electron chi connectivity index (χ4n) is 8.03. The monoisotopic (exact) mass is 1760 g/mol. The number of amides is 17. The summed E-state index contributed by atoms with van der Waals surface area (Å²) in [6.07, 6.45) is 4.88. The SMILES string of the molecule is COC(=O)N1C(=O)C=CC1=O.O=C(CCC(=O)N(CC(=O)NCCOCCOCCN1C(=O)C=CC1=O)CC(=O)NCCOCCOCCN1C(=O)C=CC1=O)NCCOO.O=C(CI)NCCOCCOCCNC(=O)CN(CC(=O)NCCOCCOCCNC(=O)CI)C(=O)CCC(=O)NCCOO. The van der Waals surface area contributed by atoms with Gasteiger partial charge in [0.2, 0.25) is 59.1 Å². The number of hydrogen-bond donors (Lipinski definition) is 10. The molecule has 0 radical (unpaired) electrons. The van der Waals surface area contributed by atoms with Crippen LogP contribution in [-0.2, 0) is 129 Å². The summed E-state index contributed by atoms with van der Waals surface area (Å²) in [5.74, 6) is -7.36. The van der Waals surface area contributed by atoms with E-state index in [2.05, 4.69) is 57.0 Å². The van der Waals surface area contributed by atoms with Crippen molar-refractivity contribution in [2.45, 2.75) is 25.7 Å².